The van der Waals surface area contributed by atoms with Crippen LogP contribution in [-0.4, -0.2) is 26.0 Å². The quantitative estimate of drug-likeness (QED) is 0.396. The van der Waals surface area contributed by atoms with Crippen LogP contribution < -0.4 is 5.32 Å². The van der Waals surface area contributed by atoms with E-state index in [2.05, 4.69) is 32.2 Å². The van der Waals surface area contributed by atoms with Crippen LogP contribution in [-0.2, 0) is 0 Å². The van der Waals surface area contributed by atoms with Crippen molar-refractivity contribution >= 4 is 16.9 Å². The van der Waals surface area contributed by atoms with Crippen LogP contribution in [0.4, 0.5) is 14.6 Å². The highest BCUT2D eigenvalue weighted by molar-refractivity contribution is 5.92. The molecule has 3 aliphatic rings. The van der Waals surface area contributed by atoms with E-state index in [1.54, 1.807) is 24.4 Å². The molecule has 2 bridgehead atoms. The van der Waals surface area contributed by atoms with Crippen molar-refractivity contribution in [2.75, 3.05) is 5.32 Å². The van der Waals surface area contributed by atoms with Crippen LogP contribution in [0.3, 0.4) is 0 Å². The predicted octanol–water partition coefficient (Wildman–Crippen LogP) is 5.79. The van der Waals surface area contributed by atoms with Gasteiger partial charge >= 0.3 is 0 Å². The molecule has 7 rings (SSSR count). The van der Waals surface area contributed by atoms with Gasteiger partial charge < -0.3 is 14.7 Å². The third kappa shape index (κ3) is 3.08. The molecule has 2 unspecified atom stereocenters. The third-order valence-electron chi connectivity index (χ3n) is 7.29. The highest BCUT2D eigenvalue weighted by atomic mass is 19.1. The molecule has 4 aromatic heterocycles. The van der Waals surface area contributed by atoms with Gasteiger partial charge in [0.2, 0.25) is 5.95 Å². The molecule has 6 nitrogen and oxygen atoms in total. The fourth-order valence-electron chi connectivity index (χ4n) is 5.57. The van der Waals surface area contributed by atoms with Crippen molar-refractivity contribution in [2.45, 2.75) is 38.6 Å². The average Bonchev–Trinajstić information content (AvgIpc) is 3.48. The van der Waals surface area contributed by atoms with Crippen molar-refractivity contribution < 1.29 is 13.2 Å². The van der Waals surface area contributed by atoms with E-state index >= 15 is 4.39 Å². The molecule has 4 aromatic rings. The van der Waals surface area contributed by atoms with Crippen molar-refractivity contribution in [1.82, 2.24) is 19.9 Å². The number of hydrogen-bond acceptors (Lipinski definition) is 5. The van der Waals surface area contributed by atoms with E-state index in [1.807, 2.05) is 0 Å². The van der Waals surface area contributed by atoms with Crippen LogP contribution in [0.15, 0.2) is 41.1 Å². The molecule has 0 amide bonds. The zero-order chi connectivity index (χ0) is 21.8. The largest absolute Gasteiger partial charge is 0.463 e. The number of nitrogens with one attached hydrogen (secondary N) is 2. The van der Waals surface area contributed by atoms with Crippen LogP contribution in [0, 0.1) is 29.5 Å². The minimum Gasteiger partial charge on any atom is -0.463 e. The lowest BCUT2D eigenvalue weighted by Gasteiger charge is -2.47. The Hall–Kier alpha value is -3.29. The molecule has 0 aliphatic heterocycles. The van der Waals surface area contributed by atoms with Gasteiger partial charge in [0.05, 0.1) is 6.26 Å². The Labute approximate surface area is 183 Å². The summed E-state index contributed by atoms with van der Waals surface area (Å²) in [4.78, 5) is 15.9. The number of aromatic amines is 1. The fourth-order valence-corrected chi connectivity index (χ4v) is 5.57. The first kappa shape index (κ1) is 19.4. The van der Waals surface area contributed by atoms with E-state index in [1.165, 1.54) is 25.2 Å². The first-order valence-corrected chi connectivity index (χ1v) is 11.1. The van der Waals surface area contributed by atoms with Crippen LogP contribution in [0.25, 0.3) is 33.9 Å². The van der Waals surface area contributed by atoms with Gasteiger partial charge in [-0.2, -0.15) is 4.39 Å². The van der Waals surface area contributed by atoms with E-state index in [0.29, 0.717) is 45.9 Å². The zero-order valence-electron chi connectivity index (χ0n) is 17.6. The maximum atomic E-state index is 15.6. The molecule has 2 N–H and O–H groups in total. The Bertz CT molecular complexity index is 1280. The van der Waals surface area contributed by atoms with Gasteiger partial charge in [-0.3, -0.25) is 0 Å². The van der Waals surface area contributed by atoms with E-state index in [9.17, 15) is 4.39 Å². The summed E-state index contributed by atoms with van der Waals surface area (Å²) < 4.78 is 34.6. The summed E-state index contributed by atoms with van der Waals surface area (Å²) in [5, 5.41) is 4.10. The number of hydrogen-bond donors (Lipinski definition) is 2. The molecule has 4 heterocycles. The monoisotopic (exact) mass is 435 g/mol. The normalized spacial score (nSPS) is 24.8. The second-order valence-corrected chi connectivity index (χ2v) is 8.97. The summed E-state index contributed by atoms with van der Waals surface area (Å²) in [6.07, 6.45) is 7.99. The Morgan fingerprint density at radius 2 is 1.84 bits per heavy atom. The van der Waals surface area contributed by atoms with Crippen LogP contribution in [0.2, 0.25) is 0 Å². The molecular formula is C24H23F2N5O. The number of halogens is 2. The topological polar surface area (TPSA) is 79.6 Å². The molecule has 32 heavy (non-hydrogen) atoms. The van der Waals surface area contributed by atoms with Crippen molar-refractivity contribution in [2.24, 2.45) is 17.8 Å². The Kier molecular flexibility index (Phi) is 4.48. The van der Waals surface area contributed by atoms with Crippen molar-refractivity contribution in [3.63, 3.8) is 0 Å². The molecule has 164 valence electrons. The van der Waals surface area contributed by atoms with Gasteiger partial charge in [0.25, 0.3) is 0 Å². The van der Waals surface area contributed by atoms with Crippen LogP contribution in [0.1, 0.15) is 32.6 Å². The maximum Gasteiger partial charge on any atom is 0.214 e. The molecule has 0 saturated heterocycles. The summed E-state index contributed by atoms with van der Waals surface area (Å²) in [6, 6.07) is 6.46. The van der Waals surface area contributed by atoms with Gasteiger partial charge in [-0.15, -0.1) is 0 Å². The van der Waals surface area contributed by atoms with E-state index in [4.69, 9.17) is 4.42 Å². The lowest BCUT2D eigenvalue weighted by atomic mass is 9.62. The number of H-pyrrole nitrogens is 1. The number of rotatable bonds is 4. The molecule has 3 fully saturated rings. The molecule has 0 aromatic carbocycles. The molecule has 3 aliphatic carbocycles. The van der Waals surface area contributed by atoms with Gasteiger partial charge in [-0.1, -0.05) is 6.92 Å². The zero-order valence-corrected chi connectivity index (χ0v) is 17.6. The first-order valence-electron chi connectivity index (χ1n) is 11.1. The average molecular weight is 435 g/mol. The molecule has 0 radical (unpaired) electrons. The molecule has 8 heteroatoms. The minimum absolute atomic E-state index is 0.0977. The molecular weight excluding hydrogens is 412 g/mol. The van der Waals surface area contributed by atoms with Crippen molar-refractivity contribution in [3.05, 3.63) is 48.5 Å². The van der Waals surface area contributed by atoms with Crippen LogP contribution >= 0.6 is 0 Å². The summed E-state index contributed by atoms with van der Waals surface area (Å²) in [6.45, 7) is 2.25. The van der Waals surface area contributed by atoms with E-state index in [-0.39, 0.29) is 17.6 Å². The van der Waals surface area contributed by atoms with Gasteiger partial charge in [0.1, 0.15) is 11.3 Å². The van der Waals surface area contributed by atoms with E-state index < -0.39 is 11.8 Å². The fraction of sp³-hybridized carbons (Fsp3) is 0.375. The second kappa shape index (κ2) is 7.39. The number of furan rings is 1. The first-order chi connectivity index (χ1) is 15.6. The third-order valence-corrected chi connectivity index (χ3v) is 7.29. The van der Waals surface area contributed by atoms with Gasteiger partial charge in [0.15, 0.2) is 23.2 Å². The molecule has 3 saturated carbocycles. The van der Waals surface area contributed by atoms with Crippen molar-refractivity contribution in [1.29, 1.82) is 0 Å². The van der Waals surface area contributed by atoms with Crippen molar-refractivity contribution in [3.8, 4) is 22.8 Å². The number of pyridine rings is 1. The number of aromatic nitrogens is 4. The lowest BCUT2D eigenvalue weighted by molar-refractivity contribution is 0.0926. The SMILES string of the molecule is CC1C2CCC(CC2)C1Nc1nc(-c2c[nH]c3nc(F)ccc23)nc(-c2ccco2)c1F. The molecule has 2 atom stereocenters. The smallest absolute Gasteiger partial charge is 0.214 e. The van der Waals surface area contributed by atoms with E-state index in [0.717, 1.165) is 12.8 Å². The minimum atomic E-state index is -0.578. The standard InChI is InChI=1S/C24H23F2N5O/c1-12-13-4-6-14(7-5-13)20(12)29-24-19(26)21(17-3-2-10-32-17)30-23(31-24)16-11-27-22-15(16)8-9-18(25)28-22/h2-3,8-14,20H,4-7H2,1H3,(H,27,28)(H,29,30,31). The second-order valence-electron chi connectivity index (χ2n) is 8.97. The lowest BCUT2D eigenvalue weighted by Crippen LogP contribution is -2.47. The number of anilines is 1. The highest BCUT2D eigenvalue weighted by Gasteiger charge is 2.41. The van der Waals surface area contributed by atoms with Gasteiger partial charge in [-0.05, 0) is 67.7 Å². The summed E-state index contributed by atoms with van der Waals surface area (Å²) in [5.41, 5.74) is 1.11. The van der Waals surface area contributed by atoms with Gasteiger partial charge in [0, 0.05) is 23.2 Å². The summed E-state index contributed by atoms with van der Waals surface area (Å²) in [5.74, 6) is 1.36. The molecule has 0 spiro atoms. The predicted molar refractivity (Wildman–Crippen MR) is 117 cm³/mol. The summed E-state index contributed by atoms with van der Waals surface area (Å²) >= 11 is 0. The van der Waals surface area contributed by atoms with Crippen LogP contribution in [0.5, 0.6) is 0 Å². The maximum absolute atomic E-state index is 15.6. The number of fused-ring (bicyclic) bond motifs is 4. The summed E-state index contributed by atoms with van der Waals surface area (Å²) in [7, 11) is 0. The highest BCUT2D eigenvalue weighted by Crippen LogP contribution is 2.46. The Morgan fingerprint density at radius 1 is 1.03 bits per heavy atom. The Morgan fingerprint density at radius 3 is 2.59 bits per heavy atom. The Balaban J connectivity index is 1.47. The van der Waals surface area contributed by atoms with Gasteiger partial charge in [-0.25, -0.2) is 19.3 Å². The number of nitrogens with zero attached hydrogens (tertiary/aromatic N) is 3.